The number of hydrogen-bond donors (Lipinski definition) is 2. The zero-order chi connectivity index (χ0) is 33.9. The molecule has 5 aromatic rings. The van der Waals surface area contributed by atoms with Gasteiger partial charge in [0.1, 0.15) is 23.4 Å². The van der Waals surface area contributed by atoms with Crippen molar-refractivity contribution in [3.63, 3.8) is 0 Å². The molecular weight excluding hydrogens is 635 g/mol. The molecule has 0 aliphatic rings. The lowest BCUT2D eigenvalue weighted by Crippen LogP contribution is -2.45. The SMILES string of the molecule is COc1ccc(CN(C(=O)COc2ccc(S(=O)(=O)Nc3ccc(F)cc3)cc2)[C@H](C(=O)NCc2ccccn2)c2ccccc2)cc1. The van der Waals surface area contributed by atoms with Crippen molar-refractivity contribution in [2.75, 3.05) is 18.4 Å². The Kier molecular flexibility index (Phi) is 11.0. The number of rotatable bonds is 14. The molecule has 2 N–H and O–H groups in total. The molecule has 0 saturated heterocycles. The van der Waals surface area contributed by atoms with E-state index < -0.39 is 40.3 Å². The Labute approximate surface area is 278 Å². The fourth-order valence-corrected chi connectivity index (χ4v) is 5.87. The minimum atomic E-state index is -3.97. The van der Waals surface area contributed by atoms with Gasteiger partial charge >= 0.3 is 0 Å². The van der Waals surface area contributed by atoms with Gasteiger partial charge in [0, 0.05) is 18.4 Å². The molecule has 2 amide bonds. The second kappa shape index (κ2) is 15.7. The van der Waals surface area contributed by atoms with Gasteiger partial charge in [-0.1, -0.05) is 48.5 Å². The quantitative estimate of drug-likeness (QED) is 0.160. The van der Waals surface area contributed by atoms with E-state index in [4.69, 9.17) is 9.47 Å². The van der Waals surface area contributed by atoms with Crippen LogP contribution in [-0.2, 0) is 32.7 Å². The number of methoxy groups -OCH3 is 1. The molecule has 0 aliphatic heterocycles. The molecule has 5 rings (SSSR count). The summed E-state index contributed by atoms with van der Waals surface area (Å²) in [6, 6.07) is 31.0. The van der Waals surface area contributed by atoms with E-state index in [0.717, 1.165) is 17.7 Å². The highest BCUT2D eigenvalue weighted by Gasteiger charge is 2.32. The summed E-state index contributed by atoms with van der Waals surface area (Å²) in [5.41, 5.74) is 2.22. The van der Waals surface area contributed by atoms with E-state index in [1.165, 1.54) is 41.3 Å². The van der Waals surface area contributed by atoms with Crippen LogP contribution in [-0.4, -0.2) is 43.8 Å². The molecule has 0 saturated carbocycles. The molecule has 0 aliphatic carbocycles. The van der Waals surface area contributed by atoms with Crippen molar-refractivity contribution in [3.8, 4) is 11.5 Å². The number of pyridine rings is 1. The lowest BCUT2D eigenvalue weighted by molar-refractivity contribution is -0.143. The van der Waals surface area contributed by atoms with Gasteiger partial charge < -0.3 is 19.7 Å². The van der Waals surface area contributed by atoms with E-state index in [2.05, 4.69) is 15.0 Å². The number of anilines is 1. The third-order valence-electron chi connectivity index (χ3n) is 7.27. The van der Waals surface area contributed by atoms with Crippen LogP contribution in [0.2, 0.25) is 0 Å². The van der Waals surface area contributed by atoms with Crippen molar-refractivity contribution >= 4 is 27.5 Å². The second-order valence-electron chi connectivity index (χ2n) is 10.6. The molecule has 1 atom stereocenters. The Morgan fingerprint density at radius 1 is 0.833 bits per heavy atom. The van der Waals surface area contributed by atoms with Crippen LogP contribution in [0.4, 0.5) is 10.1 Å². The van der Waals surface area contributed by atoms with E-state index in [1.807, 2.05) is 24.3 Å². The summed E-state index contributed by atoms with van der Waals surface area (Å²) < 4.78 is 52.4. The molecule has 0 bridgehead atoms. The molecule has 0 fully saturated rings. The smallest absolute Gasteiger partial charge is 0.261 e. The van der Waals surface area contributed by atoms with Crippen LogP contribution in [0.3, 0.4) is 0 Å². The molecular formula is C36H33FN4O6S. The van der Waals surface area contributed by atoms with E-state index >= 15 is 0 Å². The van der Waals surface area contributed by atoms with Crippen molar-refractivity contribution in [2.45, 2.75) is 24.0 Å². The van der Waals surface area contributed by atoms with Gasteiger partial charge in [-0.25, -0.2) is 12.8 Å². The van der Waals surface area contributed by atoms with Crippen LogP contribution >= 0.6 is 0 Å². The van der Waals surface area contributed by atoms with Crippen LogP contribution in [0.25, 0.3) is 0 Å². The summed E-state index contributed by atoms with van der Waals surface area (Å²) in [7, 11) is -2.41. The van der Waals surface area contributed by atoms with Gasteiger partial charge in [-0.15, -0.1) is 0 Å². The van der Waals surface area contributed by atoms with E-state index in [1.54, 1.807) is 61.8 Å². The number of carbonyl (C=O) groups is 2. The highest BCUT2D eigenvalue weighted by Crippen LogP contribution is 2.26. The highest BCUT2D eigenvalue weighted by atomic mass is 32.2. The van der Waals surface area contributed by atoms with E-state index in [9.17, 15) is 22.4 Å². The minimum Gasteiger partial charge on any atom is -0.497 e. The van der Waals surface area contributed by atoms with Crippen molar-refractivity contribution in [1.29, 1.82) is 0 Å². The molecule has 0 spiro atoms. The highest BCUT2D eigenvalue weighted by molar-refractivity contribution is 7.92. The third-order valence-corrected chi connectivity index (χ3v) is 8.67. The van der Waals surface area contributed by atoms with Gasteiger partial charge in [-0.05, 0) is 83.9 Å². The van der Waals surface area contributed by atoms with Crippen molar-refractivity contribution in [2.24, 2.45) is 0 Å². The number of hydrogen-bond acceptors (Lipinski definition) is 7. The van der Waals surface area contributed by atoms with Gasteiger partial charge in [0.15, 0.2) is 6.61 Å². The molecule has 0 unspecified atom stereocenters. The Bertz CT molecular complexity index is 1910. The number of carbonyl (C=O) groups excluding carboxylic acids is 2. The first-order chi connectivity index (χ1) is 23.2. The molecule has 12 heteroatoms. The third kappa shape index (κ3) is 8.95. The first kappa shape index (κ1) is 33.6. The van der Waals surface area contributed by atoms with Crippen LogP contribution in [0.15, 0.2) is 132 Å². The maximum Gasteiger partial charge on any atom is 0.261 e. The van der Waals surface area contributed by atoms with Crippen LogP contribution in [0, 0.1) is 5.82 Å². The van der Waals surface area contributed by atoms with E-state index in [-0.39, 0.29) is 29.4 Å². The Hall–Kier alpha value is -5.75. The normalized spacial score (nSPS) is 11.6. The molecule has 48 heavy (non-hydrogen) atoms. The molecule has 1 aromatic heterocycles. The summed E-state index contributed by atoms with van der Waals surface area (Å²) in [4.78, 5) is 33.4. The molecule has 4 aromatic carbocycles. The topological polar surface area (TPSA) is 127 Å². The number of amides is 2. The van der Waals surface area contributed by atoms with Crippen LogP contribution in [0.1, 0.15) is 22.9 Å². The number of aromatic nitrogens is 1. The predicted octanol–water partition coefficient (Wildman–Crippen LogP) is 5.50. The average molecular weight is 669 g/mol. The average Bonchev–Trinajstić information content (AvgIpc) is 3.11. The number of nitrogens with one attached hydrogen (secondary N) is 2. The largest absolute Gasteiger partial charge is 0.497 e. The minimum absolute atomic E-state index is 0.0552. The fourth-order valence-electron chi connectivity index (χ4n) is 4.81. The number of nitrogens with zero attached hydrogens (tertiary/aromatic N) is 2. The van der Waals surface area contributed by atoms with Crippen molar-refractivity contribution < 1.29 is 31.9 Å². The summed E-state index contributed by atoms with van der Waals surface area (Å²) in [5.74, 6) is -0.494. The van der Waals surface area contributed by atoms with Gasteiger partial charge in [0.05, 0.1) is 24.2 Å². The van der Waals surface area contributed by atoms with Gasteiger partial charge in [0.2, 0.25) is 5.91 Å². The molecule has 246 valence electrons. The zero-order valence-electron chi connectivity index (χ0n) is 26.0. The number of ether oxygens (including phenoxy) is 2. The monoisotopic (exact) mass is 668 g/mol. The maximum atomic E-state index is 13.9. The summed E-state index contributed by atoms with van der Waals surface area (Å²) in [5, 5.41) is 2.91. The first-order valence-electron chi connectivity index (χ1n) is 14.9. The summed E-state index contributed by atoms with van der Waals surface area (Å²) in [6.07, 6.45) is 1.64. The van der Waals surface area contributed by atoms with Crippen LogP contribution < -0.4 is 19.5 Å². The second-order valence-corrected chi connectivity index (χ2v) is 12.3. The Morgan fingerprint density at radius 2 is 1.50 bits per heavy atom. The molecule has 0 radical (unpaired) electrons. The fraction of sp³-hybridized carbons (Fsp3) is 0.139. The Balaban J connectivity index is 1.36. The first-order valence-corrected chi connectivity index (χ1v) is 16.4. The maximum absolute atomic E-state index is 13.9. The Morgan fingerprint density at radius 3 is 2.15 bits per heavy atom. The summed E-state index contributed by atoms with van der Waals surface area (Å²) in [6.45, 7) is -0.197. The number of sulfonamides is 1. The van der Waals surface area contributed by atoms with Gasteiger partial charge in [0.25, 0.3) is 15.9 Å². The summed E-state index contributed by atoms with van der Waals surface area (Å²) >= 11 is 0. The standard InChI is InChI=1S/C36H33FN4O6S/c1-46-31-16-10-26(11-17-31)24-41(35(27-7-3-2-4-8-27)36(43)39-23-30-9-5-6-22-38-30)34(42)25-47-32-18-20-33(21-19-32)48(44,45)40-29-14-12-28(37)13-15-29/h2-22,35,40H,23-25H2,1H3,(H,39,43)/t35-/m0/s1. The zero-order valence-corrected chi connectivity index (χ0v) is 26.8. The van der Waals surface area contributed by atoms with Crippen molar-refractivity contribution in [1.82, 2.24) is 15.2 Å². The van der Waals surface area contributed by atoms with Crippen molar-refractivity contribution in [3.05, 3.63) is 150 Å². The number of benzene rings is 4. The lowest BCUT2D eigenvalue weighted by atomic mass is 10.0. The van der Waals surface area contributed by atoms with Gasteiger partial charge in [-0.2, -0.15) is 0 Å². The molecule has 10 nitrogen and oxygen atoms in total. The predicted molar refractivity (Wildman–Crippen MR) is 178 cm³/mol. The number of halogens is 1. The van der Waals surface area contributed by atoms with E-state index in [0.29, 0.717) is 17.0 Å². The van der Waals surface area contributed by atoms with Gasteiger partial charge in [-0.3, -0.25) is 19.3 Å². The molecule has 1 heterocycles. The lowest BCUT2D eigenvalue weighted by Gasteiger charge is -2.31. The van der Waals surface area contributed by atoms with Crippen LogP contribution in [0.5, 0.6) is 11.5 Å².